The van der Waals surface area contributed by atoms with Crippen molar-refractivity contribution in [3.63, 3.8) is 0 Å². The molecule has 0 N–H and O–H groups in total. The average molecular weight is 517 g/mol. The van der Waals surface area contributed by atoms with Crippen LogP contribution in [0.5, 0.6) is 0 Å². The molecule has 4 heterocycles. The van der Waals surface area contributed by atoms with E-state index in [0.29, 0.717) is 0 Å². The van der Waals surface area contributed by atoms with Crippen molar-refractivity contribution in [1.82, 2.24) is 0 Å². The molecule has 2 aliphatic heterocycles. The second-order valence-corrected chi connectivity index (χ2v) is 11.1. The van der Waals surface area contributed by atoms with Gasteiger partial charge in [-0.1, -0.05) is 84.6 Å². The summed E-state index contributed by atoms with van der Waals surface area (Å²) in [5, 5.41) is 3.33. The molecule has 7 aromatic rings. The van der Waals surface area contributed by atoms with Crippen LogP contribution in [0.25, 0.3) is 33.3 Å². The van der Waals surface area contributed by atoms with Gasteiger partial charge in [-0.25, -0.2) is 0 Å². The predicted octanol–water partition coefficient (Wildman–Crippen LogP) is 7.61. The lowest BCUT2D eigenvalue weighted by Crippen LogP contribution is -2.51. The summed E-state index contributed by atoms with van der Waals surface area (Å²) >= 11 is 1.73. The van der Waals surface area contributed by atoms with Gasteiger partial charge in [0.1, 0.15) is 16.9 Å². The van der Waals surface area contributed by atoms with E-state index in [0.717, 1.165) is 39.1 Å². The molecule has 0 radical (unpaired) electrons. The van der Waals surface area contributed by atoms with E-state index < -0.39 is 0 Å². The summed E-state index contributed by atoms with van der Waals surface area (Å²) in [7, 11) is 0. The first kappa shape index (κ1) is 21.3. The van der Waals surface area contributed by atoms with E-state index in [1.54, 1.807) is 11.8 Å². The maximum Gasteiger partial charge on any atom is 0.256 e. The maximum absolute atomic E-state index is 6.64. The van der Waals surface area contributed by atoms with Crippen LogP contribution in [0.1, 0.15) is 0 Å². The van der Waals surface area contributed by atoms with Gasteiger partial charge in [-0.2, -0.15) is 0 Å². The Hall–Kier alpha value is -4.61. The first-order valence-electron chi connectivity index (χ1n) is 13.1. The second-order valence-electron chi connectivity index (χ2n) is 10.1. The van der Waals surface area contributed by atoms with Crippen LogP contribution in [-0.4, -0.2) is 6.71 Å². The van der Waals surface area contributed by atoms with Gasteiger partial charge in [-0.05, 0) is 64.9 Å². The minimum Gasteiger partial charge on any atom is -0.457 e. The number of benzene rings is 5. The summed E-state index contributed by atoms with van der Waals surface area (Å²) in [5.41, 5.74) is 10.2. The van der Waals surface area contributed by atoms with Crippen molar-refractivity contribution in [1.29, 1.82) is 0 Å². The molecule has 0 fully saturated rings. The van der Waals surface area contributed by atoms with Gasteiger partial charge in [-0.3, -0.25) is 0 Å². The van der Waals surface area contributed by atoms with Crippen LogP contribution in [0, 0.1) is 0 Å². The van der Waals surface area contributed by atoms with Crippen LogP contribution in [0.2, 0.25) is 0 Å². The number of anilines is 3. The van der Waals surface area contributed by atoms with Crippen molar-refractivity contribution in [3.8, 4) is 11.3 Å². The standard InChI is InChI=1S/C34H20BNO2S/c1-3-11-21(12-4-1)36(22-13-5-2-6-14-22)23-19-26-30-29(20-23)39-34-32(25-16-8-10-18-28(25)38-34)35(30)31-24-15-7-9-17-27(24)37-33(26)31/h1-20H. The van der Waals surface area contributed by atoms with Crippen LogP contribution in [0.15, 0.2) is 140 Å². The zero-order valence-electron chi connectivity index (χ0n) is 20.8. The largest absolute Gasteiger partial charge is 0.457 e. The maximum atomic E-state index is 6.64. The number of para-hydroxylation sites is 4. The number of hydrogen-bond donors (Lipinski definition) is 0. The smallest absolute Gasteiger partial charge is 0.256 e. The molecule has 0 amide bonds. The lowest BCUT2D eigenvalue weighted by molar-refractivity contribution is 0.519. The third-order valence-corrected chi connectivity index (χ3v) is 9.01. The first-order valence-corrected chi connectivity index (χ1v) is 14.0. The van der Waals surface area contributed by atoms with Crippen molar-refractivity contribution in [2.75, 3.05) is 4.90 Å². The Morgan fingerprint density at radius 1 is 0.538 bits per heavy atom. The van der Waals surface area contributed by atoms with Crippen LogP contribution >= 0.6 is 11.8 Å². The fourth-order valence-corrected chi connectivity index (χ4v) is 7.58. The van der Waals surface area contributed by atoms with Gasteiger partial charge < -0.3 is 13.7 Å². The van der Waals surface area contributed by atoms with Crippen molar-refractivity contribution < 1.29 is 8.83 Å². The highest BCUT2D eigenvalue weighted by atomic mass is 32.2. The van der Waals surface area contributed by atoms with Crippen molar-refractivity contribution in [2.45, 2.75) is 9.99 Å². The second kappa shape index (κ2) is 7.95. The van der Waals surface area contributed by atoms with Gasteiger partial charge in [0.05, 0.1) is 0 Å². The van der Waals surface area contributed by atoms with Crippen molar-refractivity contribution >= 4 is 73.9 Å². The summed E-state index contributed by atoms with van der Waals surface area (Å²) in [5.74, 6) is 0.971. The van der Waals surface area contributed by atoms with E-state index in [2.05, 4.69) is 114 Å². The van der Waals surface area contributed by atoms with E-state index >= 15 is 0 Å². The first-order chi connectivity index (χ1) is 19.3. The number of hydrogen-bond acceptors (Lipinski definition) is 4. The summed E-state index contributed by atoms with van der Waals surface area (Å²) < 4.78 is 13.1. The fourth-order valence-electron chi connectivity index (χ4n) is 6.39. The van der Waals surface area contributed by atoms with Crippen LogP contribution < -0.4 is 21.3 Å². The molecule has 182 valence electrons. The van der Waals surface area contributed by atoms with Gasteiger partial charge in [0.25, 0.3) is 6.71 Å². The van der Waals surface area contributed by atoms with Crippen molar-refractivity contribution in [3.05, 3.63) is 121 Å². The third-order valence-electron chi connectivity index (χ3n) is 7.96. The lowest BCUT2D eigenvalue weighted by Gasteiger charge is -2.28. The molecule has 0 spiro atoms. The minimum atomic E-state index is 0.0736. The summed E-state index contributed by atoms with van der Waals surface area (Å²) in [6, 6.07) is 42.6. The zero-order chi connectivity index (χ0) is 25.5. The van der Waals surface area contributed by atoms with Gasteiger partial charge in [0.2, 0.25) is 0 Å². The Bertz CT molecular complexity index is 2020. The molecule has 5 heteroatoms. The highest BCUT2D eigenvalue weighted by Gasteiger charge is 2.46. The molecule has 0 unspecified atom stereocenters. The zero-order valence-corrected chi connectivity index (χ0v) is 21.6. The molecule has 3 nitrogen and oxygen atoms in total. The van der Waals surface area contributed by atoms with E-state index in [1.165, 1.54) is 37.6 Å². The normalized spacial score (nSPS) is 13.0. The Labute approximate surface area is 229 Å². The fraction of sp³-hybridized carbons (Fsp3) is 0. The Morgan fingerprint density at radius 3 is 1.82 bits per heavy atom. The van der Waals surface area contributed by atoms with E-state index in [9.17, 15) is 0 Å². The van der Waals surface area contributed by atoms with Crippen LogP contribution in [0.4, 0.5) is 17.1 Å². The summed E-state index contributed by atoms with van der Waals surface area (Å²) in [6.45, 7) is 0.0736. The van der Waals surface area contributed by atoms with E-state index in [4.69, 9.17) is 8.83 Å². The monoisotopic (exact) mass is 517 g/mol. The highest BCUT2D eigenvalue weighted by molar-refractivity contribution is 8.00. The predicted molar refractivity (Wildman–Crippen MR) is 161 cm³/mol. The lowest BCUT2D eigenvalue weighted by atomic mass is 9.38. The SMILES string of the molecule is c1ccc(N(c2ccccc2)c2cc3c4c(c2)-c2oc5ccccc5c2B4c2c(oc4ccccc24)S3)cc1. The molecule has 0 atom stereocenters. The highest BCUT2D eigenvalue weighted by Crippen LogP contribution is 2.45. The number of rotatable bonds is 3. The molecular weight excluding hydrogens is 497 g/mol. The Morgan fingerprint density at radius 2 is 1.13 bits per heavy atom. The van der Waals surface area contributed by atoms with E-state index in [-0.39, 0.29) is 6.71 Å². The summed E-state index contributed by atoms with van der Waals surface area (Å²) in [6.07, 6.45) is 0. The van der Waals surface area contributed by atoms with E-state index in [1.807, 2.05) is 12.1 Å². The molecule has 2 aromatic heterocycles. The third kappa shape index (κ3) is 2.96. The molecule has 9 rings (SSSR count). The van der Waals surface area contributed by atoms with Gasteiger partial charge in [0, 0.05) is 38.3 Å². The van der Waals surface area contributed by atoms with Crippen molar-refractivity contribution in [2.24, 2.45) is 0 Å². The Balaban J connectivity index is 1.36. The Kier molecular flexibility index (Phi) is 4.35. The molecule has 0 aliphatic carbocycles. The average Bonchev–Trinajstić information content (AvgIpc) is 3.64. The molecule has 5 aromatic carbocycles. The van der Waals surface area contributed by atoms with Gasteiger partial charge in [-0.15, -0.1) is 0 Å². The quantitative estimate of drug-likeness (QED) is 0.226. The number of furan rings is 2. The summed E-state index contributed by atoms with van der Waals surface area (Å²) in [4.78, 5) is 3.53. The minimum absolute atomic E-state index is 0.0736. The number of fused-ring (bicyclic) bond motifs is 9. The molecule has 39 heavy (non-hydrogen) atoms. The topological polar surface area (TPSA) is 29.5 Å². The van der Waals surface area contributed by atoms with Crippen LogP contribution in [-0.2, 0) is 0 Å². The van der Waals surface area contributed by atoms with Crippen LogP contribution in [0.3, 0.4) is 0 Å². The number of nitrogens with zero attached hydrogens (tertiary/aromatic N) is 1. The molecule has 2 aliphatic rings. The molecule has 0 bridgehead atoms. The van der Waals surface area contributed by atoms with Gasteiger partial charge >= 0.3 is 0 Å². The molecule has 0 saturated carbocycles. The van der Waals surface area contributed by atoms with Gasteiger partial charge in [0.15, 0.2) is 5.09 Å². The molecule has 0 saturated heterocycles. The molecular formula is C34H20BNO2S.